The van der Waals surface area contributed by atoms with Crippen LogP contribution in [0.3, 0.4) is 0 Å². The monoisotopic (exact) mass is 462 g/mol. The normalized spacial score (nSPS) is 18.0. The molecule has 178 valence electrons. The summed E-state index contributed by atoms with van der Waals surface area (Å²) in [5, 5.41) is 12.1. The second-order valence-corrected chi connectivity index (χ2v) is 8.22. The van der Waals surface area contributed by atoms with E-state index in [0.29, 0.717) is 24.2 Å². The molecule has 33 heavy (non-hydrogen) atoms. The van der Waals surface area contributed by atoms with E-state index >= 15 is 0 Å². The summed E-state index contributed by atoms with van der Waals surface area (Å²) >= 11 is 0. The Labute approximate surface area is 191 Å². The molecule has 2 unspecified atom stereocenters. The maximum absolute atomic E-state index is 13.0. The zero-order chi connectivity index (χ0) is 24.1. The summed E-state index contributed by atoms with van der Waals surface area (Å²) in [4.78, 5) is 26.8. The number of amides is 2. The number of hydrogen-bond acceptors (Lipinski definition) is 5. The molecule has 2 aromatic rings. The lowest BCUT2D eigenvalue weighted by Gasteiger charge is -2.22. The Morgan fingerprint density at radius 2 is 1.91 bits per heavy atom. The topological polar surface area (TPSA) is 88.1 Å². The molecule has 0 saturated carbocycles. The molecule has 0 bridgehead atoms. The average Bonchev–Trinajstić information content (AvgIpc) is 3.20. The van der Waals surface area contributed by atoms with Crippen molar-refractivity contribution in [2.45, 2.75) is 58.5 Å². The zero-order valence-corrected chi connectivity index (χ0v) is 18.8. The summed E-state index contributed by atoms with van der Waals surface area (Å²) in [5.41, 5.74) is 1.94. The molecule has 1 fully saturated rings. The number of hydrogen-bond donors (Lipinski definition) is 2. The number of ether oxygens (including phenoxy) is 2. The van der Waals surface area contributed by atoms with Gasteiger partial charge in [-0.15, -0.1) is 0 Å². The quantitative estimate of drug-likeness (QED) is 0.621. The van der Waals surface area contributed by atoms with E-state index in [1.165, 1.54) is 17.9 Å². The van der Waals surface area contributed by atoms with Crippen LogP contribution >= 0.6 is 0 Å². The maximum atomic E-state index is 13.0. The first-order valence-electron chi connectivity index (χ1n) is 10.7. The van der Waals surface area contributed by atoms with E-state index in [2.05, 4.69) is 10.1 Å². The van der Waals surface area contributed by atoms with Gasteiger partial charge in [0.25, 0.3) is 0 Å². The summed E-state index contributed by atoms with van der Waals surface area (Å²) in [6.45, 7) is 2.13. The van der Waals surface area contributed by atoms with Crippen LogP contribution in [-0.4, -0.2) is 47.1 Å². The van der Waals surface area contributed by atoms with Crippen molar-refractivity contribution in [3.8, 4) is 11.5 Å². The molecule has 2 N–H and O–H groups in total. The molecule has 1 aliphatic rings. The van der Waals surface area contributed by atoms with Crippen molar-refractivity contribution in [2.24, 2.45) is 0 Å². The van der Waals surface area contributed by atoms with Crippen molar-refractivity contribution >= 4 is 17.5 Å². The van der Waals surface area contributed by atoms with E-state index in [0.717, 1.165) is 5.56 Å². The minimum Gasteiger partial charge on any atom is -0.487 e. The van der Waals surface area contributed by atoms with Gasteiger partial charge in [-0.05, 0) is 55.7 Å². The number of benzene rings is 2. The lowest BCUT2D eigenvalue weighted by Crippen LogP contribution is -2.42. The van der Waals surface area contributed by atoms with Crippen molar-refractivity contribution < 1.29 is 33.0 Å². The first-order valence-corrected chi connectivity index (χ1v) is 10.7. The highest BCUT2D eigenvalue weighted by Crippen LogP contribution is 2.38. The lowest BCUT2D eigenvalue weighted by atomic mass is 9.95. The molecule has 1 heterocycles. The van der Waals surface area contributed by atoms with Gasteiger partial charge in [-0.3, -0.25) is 9.59 Å². The first-order chi connectivity index (χ1) is 15.7. The van der Waals surface area contributed by atoms with Gasteiger partial charge in [0.1, 0.15) is 6.04 Å². The molecular formula is C24H28F2N2O5. The van der Waals surface area contributed by atoms with Gasteiger partial charge in [0.15, 0.2) is 11.5 Å². The maximum Gasteiger partial charge on any atom is 0.387 e. The SMILES string of the molecule is CC(=O)N1CC(c2ccc(OC(F)F)c(OC(C)C)c2)CC1C(=O)Nc1cccc(CO)c1. The smallest absolute Gasteiger partial charge is 0.387 e. The number of carbonyl (C=O) groups is 2. The summed E-state index contributed by atoms with van der Waals surface area (Å²) in [7, 11) is 0. The largest absolute Gasteiger partial charge is 0.487 e. The number of alkyl halides is 2. The summed E-state index contributed by atoms with van der Waals surface area (Å²) in [6, 6.07) is 10.8. The van der Waals surface area contributed by atoms with Crippen molar-refractivity contribution in [2.75, 3.05) is 11.9 Å². The first kappa shape index (κ1) is 24.4. The third kappa shape index (κ3) is 6.19. The number of carbonyl (C=O) groups excluding carboxylic acids is 2. The van der Waals surface area contributed by atoms with Crippen LogP contribution in [0.2, 0.25) is 0 Å². The molecule has 2 amide bonds. The van der Waals surface area contributed by atoms with Gasteiger partial charge >= 0.3 is 6.61 Å². The van der Waals surface area contributed by atoms with Gasteiger partial charge in [0.05, 0.1) is 12.7 Å². The fourth-order valence-electron chi connectivity index (χ4n) is 3.96. The van der Waals surface area contributed by atoms with Crippen molar-refractivity contribution in [1.82, 2.24) is 4.90 Å². The molecule has 0 spiro atoms. The molecule has 0 aromatic heterocycles. The van der Waals surface area contributed by atoms with Gasteiger partial charge < -0.3 is 24.8 Å². The van der Waals surface area contributed by atoms with Crippen molar-refractivity contribution in [3.63, 3.8) is 0 Å². The van der Waals surface area contributed by atoms with Gasteiger partial charge in [-0.2, -0.15) is 8.78 Å². The van der Waals surface area contributed by atoms with Crippen molar-refractivity contribution in [1.29, 1.82) is 0 Å². The van der Waals surface area contributed by atoms with Crippen LogP contribution in [-0.2, 0) is 16.2 Å². The Bertz CT molecular complexity index is 999. The predicted octanol–water partition coefficient (Wildman–Crippen LogP) is 3.91. The van der Waals surface area contributed by atoms with Crippen LogP contribution in [0, 0.1) is 0 Å². The van der Waals surface area contributed by atoms with E-state index in [4.69, 9.17) is 4.74 Å². The number of rotatable bonds is 8. The minimum absolute atomic E-state index is 0.0677. The van der Waals surface area contributed by atoms with E-state index in [9.17, 15) is 23.5 Å². The number of aliphatic hydroxyl groups excluding tert-OH is 1. The second kappa shape index (κ2) is 10.6. The number of nitrogens with zero attached hydrogens (tertiary/aromatic N) is 1. The van der Waals surface area contributed by atoms with E-state index in [1.807, 2.05) is 0 Å². The lowest BCUT2D eigenvalue weighted by molar-refractivity contribution is -0.134. The van der Waals surface area contributed by atoms with E-state index < -0.39 is 12.7 Å². The van der Waals surface area contributed by atoms with Gasteiger partial charge in [0, 0.05) is 25.1 Å². The Kier molecular flexibility index (Phi) is 7.86. The highest BCUT2D eigenvalue weighted by atomic mass is 19.3. The third-order valence-corrected chi connectivity index (χ3v) is 5.40. The molecule has 1 aliphatic heterocycles. The van der Waals surface area contributed by atoms with Crippen molar-refractivity contribution in [3.05, 3.63) is 53.6 Å². The number of aliphatic hydroxyl groups is 1. The molecule has 1 saturated heterocycles. The number of likely N-dealkylation sites (tertiary alicyclic amines) is 1. The Hall–Kier alpha value is -3.20. The average molecular weight is 462 g/mol. The minimum atomic E-state index is -2.98. The molecular weight excluding hydrogens is 434 g/mol. The zero-order valence-electron chi connectivity index (χ0n) is 18.8. The fraction of sp³-hybridized carbons (Fsp3) is 0.417. The van der Waals surface area contributed by atoms with Crippen LogP contribution in [0.1, 0.15) is 44.2 Å². The Morgan fingerprint density at radius 3 is 2.55 bits per heavy atom. The van der Waals surface area contributed by atoms with Crippen LogP contribution in [0.25, 0.3) is 0 Å². The van der Waals surface area contributed by atoms with Crippen LogP contribution in [0.15, 0.2) is 42.5 Å². The standard InChI is InChI=1S/C24H28F2N2O5/c1-14(2)32-22-11-17(7-8-21(22)33-24(25)26)18-10-20(28(12-18)15(3)30)23(31)27-19-6-4-5-16(9-19)13-29/h4-9,11,14,18,20,24,29H,10,12-13H2,1-3H3,(H,27,31). The van der Waals surface area contributed by atoms with Crippen LogP contribution < -0.4 is 14.8 Å². The summed E-state index contributed by atoms with van der Waals surface area (Å²) in [5.74, 6) is -0.645. The molecule has 2 aromatic carbocycles. The fourth-order valence-corrected chi connectivity index (χ4v) is 3.96. The van der Waals surface area contributed by atoms with Gasteiger partial charge in [-0.1, -0.05) is 18.2 Å². The molecule has 3 rings (SSSR count). The molecule has 9 heteroatoms. The highest BCUT2D eigenvalue weighted by molar-refractivity contribution is 5.97. The molecule has 0 radical (unpaired) electrons. The van der Waals surface area contributed by atoms with E-state index in [1.54, 1.807) is 50.2 Å². The molecule has 7 nitrogen and oxygen atoms in total. The number of anilines is 1. The molecule has 2 atom stereocenters. The third-order valence-electron chi connectivity index (χ3n) is 5.40. The van der Waals surface area contributed by atoms with Crippen LogP contribution in [0.4, 0.5) is 14.5 Å². The number of nitrogens with one attached hydrogen (secondary N) is 1. The summed E-state index contributed by atoms with van der Waals surface area (Å²) in [6.07, 6.45) is 0.104. The Morgan fingerprint density at radius 1 is 1.15 bits per heavy atom. The highest BCUT2D eigenvalue weighted by Gasteiger charge is 2.39. The van der Waals surface area contributed by atoms with Crippen LogP contribution in [0.5, 0.6) is 11.5 Å². The predicted molar refractivity (Wildman–Crippen MR) is 118 cm³/mol. The van der Waals surface area contributed by atoms with E-state index in [-0.39, 0.29) is 41.9 Å². The summed E-state index contributed by atoms with van der Waals surface area (Å²) < 4.78 is 35.8. The number of halogens is 2. The van der Waals surface area contributed by atoms with Gasteiger partial charge in [-0.25, -0.2) is 0 Å². The second-order valence-electron chi connectivity index (χ2n) is 8.22. The Balaban J connectivity index is 1.82. The molecule has 0 aliphatic carbocycles. The van der Waals surface area contributed by atoms with Gasteiger partial charge in [0.2, 0.25) is 11.8 Å².